The third kappa shape index (κ3) is 3.15. The van der Waals surface area contributed by atoms with E-state index in [9.17, 15) is 4.79 Å². The molecule has 3 aromatic rings. The van der Waals surface area contributed by atoms with Crippen LogP contribution < -0.4 is 5.32 Å². The van der Waals surface area contributed by atoms with Crippen LogP contribution in [0.2, 0.25) is 0 Å². The second-order valence-corrected chi connectivity index (χ2v) is 6.47. The number of ether oxygens (including phenoxy) is 1. The molecule has 0 aliphatic carbocycles. The van der Waals surface area contributed by atoms with Gasteiger partial charge >= 0.3 is 0 Å². The molecule has 1 saturated heterocycles. The van der Waals surface area contributed by atoms with Gasteiger partial charge in [-0.15, -0.1) is 0 Å². The van der Waals surface area contributed by atoms with E-state index >= 15 is 0 Å². The van der Waals surface area contributed by atoms with E-state index in [0.29, 0.717) is 18.2 Å². The molecule has 0 atom stereocenters. The number of carbonyl (C=O) groups excluding carboxylic acids is 1. The van der Waals surface area contributed by atoms with Crippen LogP contribution in [0.5, 0.6) is 0 Å². The van der Waals surface area contributed by atoms with Crippen LogP contribution in [0.15, 0.2) is 24.4 Å². The fourth-order valence-electron chi connectivity index (χ4n) is 3.48. The number of hydrogen-bond donors (Lipinski definition) is 3. The second-order valence-electron chi connectivity index (χ2n) is 6.47. The number of hydrogen-bond acceptors (Lipinski definition) is 4. The maximum absolute atomic E-state index is 12.0. The molecule has 0 saturated carbocycles. The zero-order valence-electron chi connectivity index (χ0n) is 14.1. The number of amides is 1. The Morgan fingerprint density at radius 1 is 1.36 bits per heavy atom. The van der Waals surface area contributed by atoms with Crippen molar-refractivity contribution in [3.63, 3.8) is 0 Å². The van der Waals surface area contributed by atoms with Gasteiger partial charge in [0.25, 0.3) is 5.91 Å². The molecule has 4 rings (SSSR count). The van der Waals surface area contributed by atoms with Crippen molar-refractivity contribution < 1.29 is 9.53 Å². The van der Waals surface area contributed by atoms with Crippen molar-refractivity contribution in [1.29, 1.82) is 0 Å². The molecule has 3 heterocycles. The summed E-state index contributed by atoms with van der Waals surface area (Å²) in [6.07, 6.45) is 3.54. The molecule has 3 N–H and O–H groups in total. The molecule has 7 nitrogen and oxygen atoms in total. The van der Waals surface area contributed by atoms with Gasteiger partial charge in [-0.2, -0.15) is 15.4 Å². The van der Waals surface area contributed by atoms with E-state index in [1.54, 1.807) is 0 Å². The smallest absolute Gasteiger partial charge is 0.273 e. The Hall–Kier alpha value is -2.67. The molecule has 130 valence electrons. The Morgan fingerprint density at radius 3 is 2.96 bits per heavy atom. The quantitative estimate of drug-likeness (QED) is 0.680. The van der Waals surface area contributed by atoms with E-state index in [1.165, 1.54) is 22.8 Å². The number of aromatic amines is 2. The Kier molecular flexibility index (Phi) is 4.23. The molecule has 1 aliphatic heterocycles. The number of H-pyrrole nitrogens is 2. The SMILES string of the molecule is Cc1c(C2CCOCC2)[nH]c2ccc(CNC(=O)c3cn[nH]n3)cc12. The van der Waals surface area contributed by atoms with Gasteiger partial charge in [-0.05, 0) is 43.0 Å². The number of aromatic nitrogens is 4. The molecule has 0 spiro atoms. The van der Waals surface area contributed by atoms with E-state index in [0.717, 1.165) is 37.1 Å². The van der Waals surface area contributed by atoms with Gasteiger partial charge in [0.05, 0.1) is 6.20 Å². The van der Waals surface area contributed by atoms with Gasteiger partial charge in [0, 0.05) is 42.3 Å². The Morgan fingerprint density at radius 2 is 2.20 bits per heavy atom. The van der Waals surface area contributed by atoms with Gasteiger partial charge in [0.2, 0.25) is 0 Å². The van der Waals surface area contributed by atoms with Gasteiger partial charge in [-0.3, -0.25) is 4.79 Å². The first-order valence-electron chi connectivity index (χ1n) is 8.55. The summed E-state index contributed by atoms with van der Waals surface area (Å²) in [6.45, 7) is 4.29. The van der Waals surface area contributed by atoms with Crippen LogP contribution in [0, 0.1) is 6.92 Å². The molecular weight excluding hydrogens is 318 g/mol. The minimum Gasteiger partial charge on any atom is -0.381 e. The fraction of sp³-hybridized carbons (Fsp3) is 0.389. The topological polar surface area (TPSA) is 95.7 Å². The number of fused-ring (bicyclic) bond motifs is 1. The van der Waals surface area contributed by atoms with Crippen molar-refractivity contribution in [2.45, 2.75) is 32.2 Å². The number of benzene rings is 1. The first kappa shape index (κ1) is 15.8. The summed E-state index contributed by atoms with van der Waals surface area (Å²) in [6, 6.07) is 6.27. The van der Waals surface area contributed by atoms with Crippen molar-refractivity contribution in [1.82, 2.24) is 25.7 Å². The highest BCUT2D eigenvalue weighted by molar-refractivity contribution is 5.92. The van der Waals surface area contributed by atoms with Crippen molar-refractivity contribution >= 4 is 16.8 Å². The molecule has 2 aromatic heterocycles. The van der Waals surface area contributed by atoms with Crippen molar-refractivity contribution in [3.8, 4) is 0 Å². The van der Waals surface area contributed by atoms with Crippen LogP contribution >= 0.6 is 0 Å². The molecule has 7 heteroatoms. The van der Waals surface area contributed by atoms with Crippen molar-refractivity contribution in [3.05, 3.63) is 46.9 Å². The van der Waals surface area contributed by atoms with E-state index < -0.39 is 0 Å². The number of aryl methyl sites for hydroxylation is 1. The average molecular weight is 339 g/mol. The second kappa shape index (κ2) is 6.68. The van der Waals surface area contributed by atoms with Gasteiger partial charge in [0.15, 0.2) is 5.69 Å². The zero-order valence-corrected chi connectivity index (χ0v) is 14.1. The van der Waals surface area contributed by atoms with Crippen LogP contribution in [0.25, 0.3) is 10.9 Å². The van der Waals surface area contributed by atoms with E-state index in [2.05, 4.69) is 44.8 Å². The van der Waals surface area contributed by atoms with Gasteiger partial charge < -0.3 is 15.0 Å². The Bertz CT molecular complexity index is 878. The summed E-state index contributed by atoms with van der Waals surface area (Å²) in [7, 11) is 0. The van der Waals surface area contributed by atoms with Gasteiger partial charge in [-0.1, -0.05) is 6.07 Å². The summed E-state index contributed by atoms with van der Waals surface area (Å²) in [5.41, 5.74) is 5.12. The molecule has 0 bridgehead atoms. The number of nitrogens with zero attached hydrogens (tertiary/aromatic N) is 2. The van der Waals surface area contributed by atoms with Crippen molar-refractivity contribution in [2.24, 2.45) is 0 Å². The first-order chi connectivity index (χ1) is 12.2. The normalized spacial score (nSPS) is 15.6. The standard InChI is InChI=1S/C18H21N5O2/c1-11-14-8-12(9-19-18(24)16-10-20-23-22-16)2-3-15(14)21-17(11)13-4-6-25-7-5-13/h2-3,8,10,13,21H,4-7,9H2,1H3,(H,19,24)(H,20,22,23). The summed E-state index contributed by atoms with van der Waals surface area (Å²) < 4.78 is 5.47. The van der Waals surface area contributed by atoms with Gasteiger partial charge in [-0.25, -0.2) is 0 Å². The van der Waals surface area contributed by atoms with E-state index in [1.807, 2.05) is 6.07 Å². The van der Waals surface area contributed by atoms with Crippen LogP contribution in [0.3, 0.4) is 0 Å². The lowest BCUT2D eigenvalue weighted by atomic mass is 9.93. The van der Waals surface area contributed by atoms with Crippen LogP contribution in [-0.4, -0.2) is 39.5 Å². The molecule has 1 amide bonds. The highest BCUT2D eigenvalue weighted by atomic mass is 16.5. The maximum atomic E-state index is 12.0. The monoisotopic (exact) mass is 339 g/mol. The molecule has 1 aromatic carbocycles. The lowest BCUT2D eigenvalue weighted by molar-refractivity contribution is 0.0845. The lowest BCUT2D eigenvalue weighted by Crippen LogP contribution is -2.23. The summed E-state index contributed by atoms with van der Waals surface area (Å²) in [5, 5.41) is 14.0. The van der Waals surface area contributed by atoms with E-state index in [4.69, 9.17) is 4.74 Å². The number of carbonyl (C=O) groups is 1. The molecule has 1 aliphatic rings. The van der Waals surface area contributed by atoms with E-state index in [-0.39, 0.29) is 5.91 Å². The summed E-state index contributed by atoms with van der Waals surface area (Å²) >= 11 is 0. The third-order valence-electron chi connectivity index (χ3n) is 4.89. The molecule has 1 fully saturated rings. The molecular formula is C18H21N5O2. The third-order valence-corrected chi connectivity index (χ3v) is 4.89. The minimum atomic E-state index is -0.234. The van der Waals surface area contributed by atoms with Crippen LogP contribution in [0.1, 0.15) is 46.1 Å². The average Bonchev–Trinajstić information content (AvgIpc) is 3.29. The zero-order chi connectivity index (χ0) is 17.2. The lowest BCUT2D eigenvalue weighted by Gasteiger charge is -2.21. The summed E-state index contributed by atoms with van der Waals surface area (Å²) in [4.78, 5) is 15.6. The first-order valence-corrected chi connectivity index (χ1v) is 8.55. The molecule has 25 heavy (non-hydrogen) atoms. The minimum absolute atomic E-state index is 0.234. The van der Waals surface area contributed by atoms with Crippen LogP contribution in [-0.2, 0) is 11.3 Å². The molecule has 0 radical (unpaired) electrons. The maximum Gasteiger partial charge on any atom is 0.273 e. The highest BCUT2D eigenvalue weighted by Crippen LogP contribution is 2.33. The predicted molar refractivity (Wildman–Crippen MR) is 93.4 cm³/mol. The fourth-order valence-corrected chi connectivity index (χ4v) is 3.48. The summed E-state index contributed by atoms with van der Waals surface area (Å²) in [5.74, 6) is 0.305. The predicted octanol–water partition coefficient (Wildman–Crippen LogP) is 2.42. The largest absolute Gasteiger partial charge is 0.381 e. The molecule has 0 unspecified atom stereocenters. The van der Waals surface area contributed by atoms with Crippen LogP contribution in [0.4, 0.5) is 0 Å². The van der Waals surface area contributed by atoms with Gasteiger partial charge in [0.1, 0.15) is 0 Å². The Balaban J connectivity index is 1.53. The van der Waals surface area contributed by atoms with Crippen molar-refractivity contribution in [2.75, 3.05) is 13.2 Å². The Labute approximate surface area is 145 Å². The number of rotatable bonds is 4. The highest BCUT2D eigenvalue weighted by Gasteiger charge is 2.20. The number of nitrogens with one attached hydrogen (secondary N) is 3.